The molecule has 2 aromatic rings. The van der Waals surface area contributed by atoms with E-state index in [-0.39, 0.29) is 23.6 Å². The molecule has 0 saturated carbocycles. The zero-order chi connectivity index (χ0) is 18.9. The number of piperidine rings is 1. The number of halogens is 5. The lowest BCUT2D eigenvalue weighted by Gasteiger charge is -2.27. The Bertz CT molecular complexity index is 793. The van der Waals surface area contributed by atoms with Crippen LogP contribution in [-0.2, 0) is 6.18 Å². The molecule has 1 aliphatic heterocycles. The first-order chi connectivity index (χ1) is 12.3. The van der Waals surface area contributed by atoms with E-state index in [1.807, 2.05) is 0 Å². The third kappa shape index (κ3) is 3.92. The monoisotopic (exact) mass is 372 g/mol. The van der Waals surface area contributed by atoms with Crippen LogP contribution in [-0.4, -0.2) is 35.3 Å². The van der Waals surface area contributed by atoms with Gasteiger partial charge in [-0.05, 0) is 32.0 Å². The third-order valence-corrected chi connectivity index (χ3v) is 4.29. The molecule has 2 atom stereocenters. The molecule has 9 heteroatoms. The zero-order valence-corrected chi connectivity index (χ0v) is 13.9. The molecule has 1 aromatic carbocycles. The summed E-state index contributed by atoms with van der Waals surface area (Å²) in [5, 5.41) is 5.85. The highest BCUT2D eigenvalue weighted by molar-refractivity contribution is 5.66. The SMILES string of the molecule is Cc1nc(N[C@H]2CCNC[C@@H]2F)ncc1-c1ccc(C(F)(F)F)cc1F. The standard InChI is InChI=1S/C17H17F5N4/c1-9-12(11-3-2-10(6-13(11)18)17(20,21)22)7-24-16(25-9)26-15-4-5-23-8-14(15)19/h2-3,6-7,14-15,23H,4-5,8H2,1H3,(H,24,25,26)/t14-,15-/m0/s1. The van der Waals surface area contributed by atoms with Gasteiger partial charge in [0.15, 0.2) is 0 Å². The average molecular weight is 372 g/mol. The van der Waals surface area contributed by atoms with Gasteiger partial charge < -0.3 is 10.6 Å². The fourth-order valence-electron chi connectivity index (χ4n) is 2.86. The van der Waals surface area contributed by atoms with Crippen LogP contribution in [0.2, 0.25) is 0 Å². The molecular weight excluding hydrogens is 355 g/mol. The van der Waals surface area contributed by atoms with Crippen molar-refractivity contribution in [1.29, 1.82) is 0 Å². The maximum atomic E-state index is 14.1. The molecule has 0 bridgehead atoms. The number of alkyl halides is 4. The zero-order valence-electron chi connectivity index (χ0n) is 13.9. The minimum atomic E-state index is -4.61. The second kappa shape index (κ2) is 7.14. The summed E-state index contributed by atoms with van der Waals surface area (Å²) in [6.07, 6.45) is -3.81. The lowest BCUT2D eigenvalue weighted by Crippen LogP contribution is -2.45. The van der Waals surface area contributed by atoms with Crippen molar-refractivity contribution in [1.82, 2.24) is 15.3 Å². The highest BCUT2D eigenvalue weighted by atomic mass is 19.4. The summed E-state index contributed by atoms with van der Waals surface area (Å²) in [4.78, 5) is 8.25. The predicted octanol–water partition coefficient (Wildman–Crippen LogP) is 3.72. The number of nitrogens with zero attached hydrogens (tertiary/aromatic N) is 2. The lowest BCUT2D eigenvalue weighted by atomic mass is 10.0. The topological polar surface area (TPSA) is 49.8 Å². The molecule has 0 spiro atoms. The van der Waals surface area contributed by atoms with Crippen molar-refractivity contribution < 1.29 is 22.0 Å². The first-order valence-corrected chi connectivity index (χ1v) is 8.08. The molecule has 140 valence electrons. The number of anilines is 1. The summed E-state index contributed by atoms with van der Waals surface area (Å²) < 4.78 is 65.9. The van der Waals surface area contributed by atoms with Crippen molar-refractivity contribution in [2.24, 2.45) is 0 Å². The largest absolute Gasteiger partial charge is 0.416 e. The van der Waals surface area contributed by atoms with E-state index in [0.717, 1.165) is 12.1 Å². The van der Waals surface area contributed by atoms with E-state index in [1.54, 1.807) is 6.92 Å². The number of aryl methyl sites for hydroxylation is 1. The number of benzene rings is 1. The lowest BCUT2D eigenvalue weighted by molar-refractivity contribution is -0.137. The number of hydrogen-bond donors (Lipinski definition) is 2. The first kappa shape index (κ1) is 18.5. The second-order valence-electron chi connectivity index (χ2n) is 6.14. The maximum Gasteiger partial charge on any atom is 0.416 e. The van der Waals surface area contributed by atoms with Crippen molar-refractivity contribution in [3.63, 3.8) is 0 Å². The van der Waals surface area contributed by atoms with E-state index >= 15 is 0 Å². The van der Waals surface area contributed by atoms with Gasteiger partial charge in [-0.1, -0.05) is 6.07 Å². The van der Waals surface area contributed by atoms with Crippen molar-refractivity contribution in [3.05, 3.63) is 41.5 Å². The normalized spacial score (nSPS) is 20.8. The van der Waals surface area contributed by atoms with Gasteiger partial charge in [-0.2, -0.15) is 13.2 Å². The highest BCUT2D eigenvalue weighted by Gasteiger charge is 2.31. The van der Waals surface area contributed by atoms with E-state index in [4.69, 9.17) is 0 Å². The molecule has 0 aliphatic carbocycles. The molecule has 1 fully saturated rings. The van der Waals surface area contributed by atoms with Crippen LogP contribution < -0.4 is 10.6 Å². The number of nitrogens with one attached hydrogen (secondary N) is 2. The van der Waals surface area contributed by atoms with Crippen molar-refractivity contribution in [2.75, 3.05) is 18.4 Å². The Morgan fingerprint density at radius 1 is 1.23 bits per heavy atom. The van der Waals surface area contributed by atoms with Gasteiger partial charge >= 0.3 is 6.18 Å². The van der Waals surface area contributed by atoms with Crippen LogP contribution in [0.25, 0.3) is 11.1 Å². The Morgan fingerprint density at radius 2 is 2.00 bits per heavy atom. The average Bonchev–Trinajstić information content (AvgIpc) is 2.57. The van der Waals surface area contributed by atoms with Gasteiger partial charge in [0.05, 0.1) is 17.3 Å². The molecule has 3 rings (SSSR count). The molecular formula is C17H17F5N4. The van der Waals surface area contributed by atoms with Crippen LogP contribution in [0.4, 0.5) is 27.9 Å². The Hall–Kier alpha value is -2.29. The summed E-state index contributed by atoms with van der Waals surface area (Å²) >= 11 is 0. The van der Waals surface area contributed by atoms with E-state index in [1.165, 1.54) is 6.20 Å². The van der Waals surface area contributed by atoms with Gasteiger partial charge in [-0.3, -0.25) is 0 Å². The summed E-state index contributed by atoms with van der Waals surface area (Å²) in [5.74, 6) is -0.803. The second-order valence-corrected chi connectivity index (χ2v) is 6.14. The third-order valence-electron chi connectivity index (χ3n) is 4.29. The maximum absolute atomic E-state index is 14.1. The summed E-state index contributed by atoms with van der Waals surface area (Å²) in [6, 6.07) is 1.89. The van der Waals surface area contributed by atoms with Crippen LogP contribution in [0.3, 0.4) is 0 Å². The molecule has 4 nitrogen and oxygen atoms in total. The fourth-order valence-corrected chi connectivity index (χ4v) is 2.86. The van der Waals surface area contributed by atoms with Crippen molar-refractivity contribution in [3.8, 4) is 11.1 Å². The first-order valence-electron chi connectivity index (χ1n) is 8.08. The molecule has 2 N–H and O–H groups in total. The van der Waals surface area contributed by atoms with Gasteiger partial charge in [0, 0.05) is 23.9 Å². The Labute approximate surface area is 146 Å². The summed E-state index contributed by atoms with van der Waals surface area (Å²) in [6.45, 7) is 2.51. The molecule has 26 heavy (non-hydrogen) atoms. The Balaban J connectivity index is 1.84. The Morgan fingerprint density at radius 3 is 2.62 bits per heavy atom. The molecule has 1 aromatic heterocycles. The molecule has 1 saturated heterocycles. The van der Waals surface area contributed by atoms with Crippen LogP contribution in [0, 0.1) is 12.7 Å². The van der Waals surface area contributed by atoms with Gasteiger partial charge in [0.2, 0.25) is 5.95 Å². The minimum Gasteiger partial charge on any atom is -0.348 e. The molecule has 1 aliphatic rings. The minimum absolute atomic E-state index is 0.0210. The van der Waals surface area contributed by atoms with E-state index < -0.39 is 29.8 Å². The smallest absolute Gasteiger partial charge is 0.348 e. The van der Waals surface area contributed by atoms with Crippen LogP contribution in [0.15, 0.2) is 24.4 Å². The van der Waals surface area contributed by atoms with Crippen LogP contribution in [0.5, 0.6) is 0 Å². The highest BCUT2D eigenvalue weighted by Crippen LogP contribution is 2.33. The molecule has 2 heterocycles. The van der Waals surface area contributed by atoms with Gasteiger partial charge in [0.1, 0.15) is 12.0 Å². The predicted molar refractivity (Wildman–Crippen MR) is 87.0 cm³/mol. The Kier molecular flexibility index (Phi) is 5.08. The van der Waals surface area contributed by atoms with E-state index in [9.17, 15) is 22.0 Å². The van der Waals surface area contributed by atoms with Gasteiger partial charge in [0.25, 0.3) is 0 Å². The van der Waals surface area contributed by atoms with E-state index in [0.29, 0.717) is 24.7 Å². The van der Waals surface area contributed by atoms with Crippen LogP contribution >= 0.6 is 0 Å². The van der Waals surface area contributed by atoms with Crippen molar-refractivity contribution >= 4 is 5.95 Å². The number of hydrogen-bond acceptors (Lipinski definition) is 4. The molecule has 0 unspecified atom stereocenters. The fraction of sp³-hybridized carbons (Fsp3) is 0.412. The summed E-state index contributed by atoms with van der Waals surface area (Å²) in [7, 11) is 0. The van der Waals surface area contributed by atoms with Crippen LogP contribution in [0.1, 0.15) is 17.7 Å². The van der Waals surface area contributed by atoms with Gasteiger partial charge in [-0.25, -0.2) is 18.7 Å². The van der Waals surface area contributed by atoms with Gasteiger partial charge in [-0.15, -0.1) is 0 Å². The molecule has 0 radical (unpaired) electrons. The molecule has 0 amide bonds. The van der Waals surface area contributed by atoms with Crippen molar-refractivity contribution in [2.45, 2.75) is 31.7 Å². The summed E-state index contributed by atoms with van der Waals surface area (Å²) in [5.41, 5.74) is -0.419. The van der Waals surface area contributed by atoms with E-state index in [2.05, 4.69) is 20.6 Å². The quantitative estimate of drug-likeness (QED) is 0.807. The number of rotatable bonds is 3. The number of aromatic nitrogens is 2.